The molecule has 0 saturated heterocycles. The number of hydrogen-bond donors (Lipinski definition) is 2. The van der Waals surface area contributed by atoms with Crippen LogP contribution in [0.5, 0.6) is 0 Å². The Morgan fingerprint density at radius 1 is 1.00 bits per heavy atom. The lowest BCUT2D eigenvalue weighted by Crippen LogP contribution is -2.19. The summed E-state index contributed by atoms with van der Waals surface area (Å²) >= 11 is 6.68. The molecule has 0 aliphatic heterocycles. The van der Waals surface area contributed by atoms with Crippen LogP contribution in [0, 0.1) is 0 Å². The van der Waals surface area contributed by atoms with Gasteiger partial charge >= 0.3 is 0 Å². The fourth-order valence-electron chi connectivity index (χ4n) is 0.768. The van der Waals surface area contributed by atoms with Crippen LogP contribution in [0.1, 0.15) is 11.7 Å². The number of rotatable bonds is 1. The van der Waals surface area contributed by atoms with E-state index in [0.29, 0.717) is 0 Å². The van der Waals surface area contributed by atoms with Gasteiger partial charge in [0.2, 0.25) is 0 Å². The summed E-state index contributed by atoms with van der Waals surface area (Å²) in [5, 5.41) is 0. The zero-order chi connectivity index (χ0) is 8.43. The van der Waals surface area contributed by atoms with Crippen LogP contribution in [0.15, 0.2) is 27.1 Å². The third-order valence-electron chi connectivity index (χ3n) is 1.27. The highest BCUT2D eigenvalue weighted by Gasteiger charge is 2.01. The summed E-state index contributed by atoms with van der Waals surface area (Å²) in [7, 11) is 0. The van der Waals surface area contributed by atoms with E-state index in [4.69, 9.17) is 11.5 Å². The van der Waals surface area contributed by atoms with Crippen molar-refractivity contribution in [1.29, 1.82) is 0 Å². The standard InChI is InChI=1S/C7H8Br2N2/c8-5-1-4(7(10)11)2-6(9)3-5/h1-3,7H,10-11H2. The molecule has 0 aliphatic rings. The molecule has 60 valence electrons. The van der Waals surface area contributed by atoms with Crippen LogP contribution in [0.4, 0.5) is 0 Å². The first-order valence-electron chi connectivity index (χ1n) is 3.07. The van der Waals surface area contributed by atoms with E-state index >= 15 is 0 Å². The van der Waals surface area contributed by atoms with Crippen molar-refractivity contribution in [1.82, 2.24) is 0 Å². The Kier molecular flexibility index (Phi) is 3.06. The average Bonchev–Trinajstić information content (AvgIpc) is 1.85. The molecule has 0 saturated carbocycles. The summed E-state index contributed by atoms with van der Waals surface area (Å²) < 4.78 is 1.95. The first-order valence-corrected chi connectivity index (χ1v) is 4.65. The van der Waals surface area contributed by atoms with Gasteiger partial charge in [-0.15, -0.1) is 0 Å². The Hall–Kier alpha value is 0.1000. The third kappa shape index (κ3) is 2.56. The largest absolute Gasteiger partial charge is 0.312 e. The van der Waals surface area contributed by atoms with Crippen LogP contribution in [0.25, 0.3) is 0 Å². The lowest BCUT2D eigenvalue weighted by Gasteiger charge is -2.06. The molecule has 4 heteroatoms. The summed E-state index contributed by atoms with van der Waals surface area (Å²) in [5.41, 5.74) is 11.9. The van der Waals surface area contributed by atoms with Crippen molar-refractivity contribution in [2.75, 3.05) is 0 Å². The lowest BCUT2D eigenvalue weighted by molar-refractivity contribution is 0.772. The number of nitrogens with two attached hydrogens (primary N) is 2. The van der Waals surface area contributed by atoms with Crippen molar-refractivity contribution in [2.45, 2.75) is 6.17 Å². The second kappa shape index (κ2) is 3.67. The summed E-state index contributed by atoms with van der Waals surface area (Å²) in [4.78, 5) is 0. The van der Waals surface area contributed by atoms with Gasteiger partial charge in [0.25, 0.3) is 0 Å². The topological polar surface area (TPSA) is 52.0 Å². The maximum absolute atomic E-state index is 5.49. The summed E-state index contributed by atoms with van der Waals surface area (Å²) in [6, 6.07) is 5.73. The van der Waals surface area contributed by atoms with Crippen LogP contribution >= 0.6 is 31.9 Å². The maximum atomic E-state index is 5.49. The Balaban J connectivity index is 3.08. The van der Waals surface area contributed by atoms with Gasteiger partial charge in [0.15, 0.2) is 0 Å². The van der Waals surface area contributed by atoms with E-state index in [9.17, 15) is 0 Å². The predicted octanol–water partition coefficient (Wildman–Crippen LogP) is 2.13. The SMILES string of the molecule is NC(N)c1cc(Br)cc(Br)c1. The van der Waals surface area contributed by atoms with Crippen molar-refractivity contribution in [2.24, 2.45) is 11.5 Å². The monoisotopic (exact) mass is 278 g/mol. The molecule has 0 bridgehead atoms. The van der Waals surface area contributed by atoms with Crippen molar-refractivity contribution < 1.29 is 0 Å². The molecular formula is C7H8Br2N2. The minimum atomic E-state index is -0.413. The zero-order valence-electron chi connectivity index (χ0n) is 5.72. The van der Waals surface area contributed by atoms with Gasteiger partial charge in [0.05, 0.1) is 6.17 Å². The molecule has 0 radical (unpaired) electrons. The first kappa shape index (κ1) is 9.19. The number of halogens is 2. The van der Waals surface area contributed by atoms with Gasteiger partial charge in [-0.25, -0.2) is 0 Å². The molecule has 0 aromatic heterocycles. The molecule has 0 atom stereocenters. The summed E-state index contributed by atoms with van der Waals surface area (Å²) in [6.45, 7) is 0. The van der Waals surface area contributed by atoms with Crippen LogP contribution in [0.3, 0.4) is 0 Å². The van der Waals surface area contributed by atoms with Crippen molar-refractivity contribution in [3.63, 3.8) is 0 Å². The van der Waals surface area contributed by atoms with Gasteiger partial charge in [-0.05, 0) is 23.8 Å². The van der Waals surface area contributed by atoms with Gasteiger partial charge in [0.1, 0.15) is 0 Å². The molecule has 0 amide bonds. The van der Waals surface area contributed by atoms with Crippen LogP contribution < -0.4 is 11.5 Å². The Labute approximate surface area is 82.2 Å². The van der Waals surface area contributed by atoms with E-state index < -0.39 is 6.17 Å². The molecule has 0 fully saturated rings. The lowest BCUT2D eigenvalue weighted by atomic mass is 10.2. The highest BCUT2D eigenvalue weighted by molar-refractivity contribution is 9.11. The van der Waals surface area contributed by atoms with E-state index in [-0.39, 0.29) is 0 Å². The molecule has 0 aliphatic carbocycles. The number of benzene rings is 1. The molecule has 0 heterocycles. The highest BCUT2D eigenvalue weighted by atomic mass is 79.9. The molecular weight excluding hydrogens is 272 g/mol. The molecule has 0 unspecified atom stereocenters. The van der Waals surface area contributed by atoms with Gasteiger partial charge in [-0.2, -0.15) is 0 Å². The Morgan fingerprint density at radius 3 is 1.82 bits per heavy atom. The average molecular weight is 280 g/mol. The van der Waals surface area contributed by atoms with Gasteiger partial charge < -0.3 is 11.5 Å². The highest BCUT2D eigenvalue weighted by Crippen LogP contribution is 2.21. The third-order valence-corrected chi connectivity index (χ3v) is 2.19. The minimum absolute atomic E-state index is 0.413. The molecule has 0 spiro atoms. The molecule has 4 N–H and O–H groups in total. The predicted molar refractivity (Wildman–Crippen MR) is 53.0 cm³/mol. The van der Waals surface area contributed by atoms with Gasteiger partial charge in [-0.3, -0.25) is 0 Å². The zero-order valence-corrected chi connectivity index (χ0v) is 8.89. The Bertz CT molecular complexity index is 240. The maximum Gasteiger partial charge on any atom is 0.0785 e. The van der Waals surface area contributed by atoms with Crippen LogP contribution in [0.2, 0.25) is 0 Å². The van der Waals surface area contributed by atoms with Gasteiger partial charge in [0, 0.05) is 8.95 Å². The van der Waals surface area contributed by atoms with Crippen LogP contribution in [-0.4, -0.2) is 0 Å². The molecule has 1 rings (SSSR count). The normalized spacial score (nSPS) is 10.6. The summed E-state index contributed by atoms with van der Waals surface area (Å²) in [6.07, 6.45) is -0.413. The summed E-state index contributed by atoms with van der Waals surface area (Å²) in [5.74, 6) is 0. The number of hydrogen-bond acceptors (Lipinski definition) is 2. The molecule has 1 aromatic rings. The first-order chi connectivity index (χ1) is 5.09. The minimum Gasteiger partial charge on any atom is -0.312 e. The van der Waals surface area contributed by atoms with Crippen molar-refractivity contribution in [3.05, 3.63) is 32.7 Å². The molecule has 11 heavy (non-hydrogen) atoms. The van der Waals surface area contributed by atoms with Crippen molar-refractivity contribution in [3.8, 4) is 0 Å². The smallest absolute Gasteiger partial charge is 0.0785 e. The molecule has 1 aromatic carbocycles. The fraction of sp³-hybridized carbons (Fsp3) is 0.143. The van der Waals surface area contributed by atoms with E-state index in [0.717, 1.165) is 14.5 Å². The Morgan fingerprint density at radius 2 is 1.45 bits per heavy atom. The van der Waals surface area contributed by atoms with E-state index in [2.05, 4.69) is 31.9 Å². The second-order valence-electron chi connectivity index (χ2n) is 2.23. The van der Waals surface area contributed by atoms with Gasteiger partial charge in [-0.1, -0.05) is 31.9 Å². The van der Waals surface area contributed by atoms with Crippen molar-refractivity contribution >= 4 is 31.9 Å². The second-order valence-corrected chi connectivity index (χ2v) is 4.06. The van der Waals surface area contributed by atoms with E-state index in [1.54, 1.807) is 0 Å². The van der Waals surface area contributed by atoms with Crippen LogP contribution in [-0.2, 0) is 0 Å². The fourth-order valence-corrected chi connectivity index (χ4v) is 2.10. The van der Waals surface area contributed by atoms with E-state index in [1.165, 1.54) is 0 Å². The molecule has 2 nitrogen and oxygen atoms in total. The van der Waals surface area contributed by atoms with E-state index in [1.807, 2.05) is 18.2 Å². The quantitative estimate of drug-likeness (QED) is 0.774.